The molecular weight excluding hydrogens is 280 g/mol. The standard InChI is InChI=1S/C14H11ClN2OS/c1-9-4-10(6-11(15)5-9)13(18)7-12-8-17-2-3-19-14(17)16-12/h2-6,8H,7H2,1H3. The average molecular weight is 291 g/mol. The number of imidazole rings is 1. The predicted octanol–water partition coefficient (Wildman–Crippen LogP) is 3.78. The second-order valence-corrected chi connectivity index (χ2v) is 5.75. The maximum absolute atomic E-state index is 12.2. The summed E-state index contributed by atoms with van der Waals surface area (Å²) in [5, 5.41) is 2.56. The fraction of sp³-hybridized carbons (Fsp3) is 0.143. The lowest BCUT2D eigenvalue weighted by Gasteiger charge is -2.02. The van der Waals surface area contributed by atoms with Gasteiger partial charge in [0.25, 0.3) is 0 Å². The molecule has 2 aromatic heterocycles. The highest BCUT2D eigenvalue weighted by molar-refractivity contribution is 7.15. The third kappa shape index (κ3) is 2.55. The topological polar surface area (TPSA) is 34.4 Å². The van der Waals surface area contributed by atoms with Gasteiger partial charge in [0, 0.05) is 28.4 Å². The van der Waals surface area contributed by atoms with Gasteiger partial charge in [0.1, 0.15) is 0 Å². The summed E-state index contributed by atoms with van der Waals surface area (Å²) >= 11 is 7.53. The largest absolute Gasteiger partial charge is 0.297 e. The molecule has 2 heterocycles. The van der Waals surface area contributed by atoms with Crippen LogP contribution in [0, 0.1) is 6.92 Å². The van der Waals surface area contributed by atoms with Crippen molar-refractivity contribution in [2.75, 3.05) is 0 Å². The number of halogens is 1. The first kappa shape index (κ1) is 12.4. The zero-order valence-corrected chi connectivity index (χ0v) is 11.8. The van der Waals surface area contributed by atoms with Gasteiger partial charge >= 0.3 is 0 Å². The molecule has 0 bridgehead atoms. The molecule has 0 spiro atoms. The first-order chi connectivity index (χ1) is 9.11. The molecule has 0 aliphatic heterocycles. The first-order valence-corrected chi connectivity index (χ1v) is 7.09. The molecule has 3 nitrogen and oxygen atoms in total. The summed E-state index contributed by atoms with van der Waals surface area (Å²) in [6.45, 7) is 1.93. The summed E-state index contributed by atoms with van der Waals surface area (Å²) in [6, 6.07) is 5.40. The zero-order valence-electron chi connectivity index (χ0n) is 10.3. The molecule has 0 fully saturated rings. The van der Waals surface area contributed by atoms with Gasteiger partial charge in [-0.3, -0.25) is 9.20 Å². The summed E-state index contributed by atoms with van der Waals surface area (Å²) in [5.41, 5.74) is 2.41. The number of hydrogen-bond acceptors (Lipinski definition) is 3. The van der Waals surface area contributed by atoms with E-state index in [1.165, 1.54) is 0 Å². The number of benzene rings is 1. The highest BCUT2D eigenvalue weighted by atomic mass is 35.5. The second kappa shape index (κ2) is 4.79. The van der Waals surface area contributed by atoms with E-state index in [0.717, 1.165) is 16.2 Å². The van der Waals surface area contributed by atoms with Crippen LogP contribution < -0.4 is 0 Å². The van der Waals surface area contributed by atoms with Crippen LogP contribution >= 0.6 is 22.9 Å². The number of fused-ring (bicyclic) bond motifs is 1. The van der Waals surface area contributed by atoms with E-state index in [0.29, 0.717) is 17.0 Å². The third-order valence-electron chi connectivity index (χ3n) is 2.85. The van der Waals surface area contributed by atoms with Crippen molar-refractivity contribution >= 4 is 33.7 Å². The number of ketones is 1. The summed E-state index contributed by atoms with van der Waals surface area (Å²) in [5.74, 6) is 0.0383. The molecule has 5 heteroatoms. The monoisotopic (exact) mass is 290 g/mol. The Morgan fingerprint density at radius 2 is 2.26 bits per heavy atom. The molecule has 0 radical (unpaired) electrons. The van der Waals surface area contributed by atoms with E-state index in [1.54, 1.807) is 17.4 Å². The predicted molar refractivity (Wildman–Crippen MR) is 77.3 cm³/mol. The van der Waals surface area contributed by atoms with E-state index in [4.69, 9.17) is 11.6 Å². The highest BCUT2D eigenvalue weighted by Gasteiger charge is 2.11. The molecule has 0 atom stereocenters. The third-order valence-corrected chi connectivity index (χ3v) is 3.84. The Kier molecular flexibility index (Phi) is 3.12. The fourth-order valence-electron chi connectivity index (χ4n) is 2.03. The summed E-state index contributed by atoms with van der Waals surface area (Å²) in [4.78, 5) is 17.5. The molecule has 0 N–H and O–H groups in total. The second-order valence-electron chi connectivity index (χ2n) is 4.44. The van der Waals surface area contributed by atoms with E-state index < -0.39 is 0 Å². The minimum absolute atomic E-state index is 0.0383. The van der Waals surface area contributed by atoms with Gasteiger partial charge in [-0.15, -0.1) is 11.3 Å². The molecule has 0 amide bonds. The van der Waals surface area contributed by atoms with Crippen molar-refractivity contribution in [3.63, 3.8) is 0 Å². The van der Waals surface area contributed by atoms with Crippen molar-refractivity contribution in [2.24, 2.45) is 0 Å². The average Bonchev–Trinajstić information content (AvgIpc) is 2.88. The molecule has 96 valence electrons. The lowest BCUT2D eigenvalue weighted by molar-refractivity contribution is 0.0992. The van der Waals surface area contributed by atoms with Crippen LogP contribution in [0.2, 0.25) is 5.02 Å². The van der Waals surface area contributed by atoms with Gasteiger partial charge in [0.05, 0.1) is 12.1 Å². The number of Topliss-reactive ketones (excluding diaryl/α,β-unsaturated/α-hetero) is 1. The van der Waals surface area contributed by atoms with Crippen molar-refractivity contribution in [3.8, 4) is 0 Å². The van der Waals surface area contributed by atoms with Crippen LogP contribution in [0.3, 0.4) is 0 Å². The molecule has 19 heavy (non-hydrogen) atoms. The van der Waals surface area contributed by atoms with Crippen LogP contribution in [-0.2, 0) is 6.42 Å². The van der Waals surface area contributed by atoms with Gasteiger partial charge in [-0.1, -0.05) is 11.6 Å². The molecular formula is C14H11ClN2OS. The lowest BCUT2D eigenvalue weighted by Crippen LogP contribution is -2.04. The number of aryl methyl sites for hydroxylation is 1. The summed E-state index contributed by atoms with van der Waals surface area (Å²) in [6.07, 6.45) is 4.12. The SMILES string of the molecule is Cc1cc(Cl)cc(C(=O)Cc2cn3ccsc3n2)c1. The summed E-state index contributed by atoms with van der Waals surface area (Å²) in [7, 11) is 0. The van der Waals surface area contributed by atoms with Crippen LogP contribution in [0.15, 0.2) is 36.0 Å². The number of aromatic nitrogens is 2. The Balaban J connectivity index is 1.86. The molecule has 0 aliphatic rings. The molecule has 0 saturated carbocycles. The number of carbonyl (C=O) groups excluding carboxylic acids is 1. The van der Waals surface area contributed by atoms with Gasteiger partial charge in [0.2, 0.25) is 0 Å². The van der Waals surface area contributed by atoms with Crippen molar-refractivity contribution in [2.45, 2.75) is 13.3 Å². The van der Waals surface area contributed by atoms with Gasteiger partial charge in [-0.2, -0.15) is 0 Å². The van der Waals surface area contributed by atoms with Crippen LogP contribution in [0.4, 0.5) is 0 Å². The molecule has 3 rings (SSSR count). The fourth-order valence-corrected chi connectivity index (χ4v) is 3.03. The molecule has 0 unspecified atom stereocenters. The van der Waals surface area contributed by atoms with Crippen LogP contribution in [-0.4, -0.2) is 15.2 Å². The first-order valence-electron chi connectivity index (χ1n) is 5.83. The smallest absolute Gasteiger partial charge is 0.193 e. The van der Waals surface area contributed by atoms with E-state index >= 15 is 0 Å². The number of carbonyl (C=O) groups is 1. The van der Waals surface area contributed by atoms with Crippen molar-refractivity contribution in [3.05, 3.63) is 57.8 Å². The Hall–Kier alpha value is -1.65. The Labute approximate surface area is 119 Å². The molecule has 1 aromatic carbocycles. The number of rotatable bonds is 3. The van der Waals surface area contributed by atoms with E-state index in [2.05, 4.69) is 4.98 Å². The van der Waals surface area contributed by atoms with Gasteiger partial charge < -0.3 is 0 Å². The van der Waals surface area contributed by atoms with Crippen molar-refractivity contribution < 1.29 is 4.79 Å². The highest BCUT2D eigenvalue weighted by Crippen LogP contribution is 2.17. The van der Waals surface area contributed by atoms with Gasteiger partial charge in [0.15, 0.2) is 10.7 Å². The molecule has 0 saturated heterocycles. The zero-order chi connectivity index (χ0) is 13.4. The van der Waals surface area contributed by atoms with E-state index in [9.17, 15) is 4.79 Å². The van der Waals surface area contributed by atoms with Gasteiger partial charge in [-0.25, -0.2) is 4.98 Å². The van der Waals surface area contributed by atoms with Crippen molar-refractivity contribution in [1.82, 2.24) is 9.38 Å². The van der Waals surface area contributed by atoms with E-state index in [1.807, 2.05) is 41.2 Å². The molecule has 3 aromatic rings. The number of thiazole rings is 1. The van der Waals surface area contributed by atoms with Crippen LogP contribution in [0.1, 0.15) is 21.6 Å². The minimum Gasteiger partial charge on any atom is -0.297 e. The Bertz CT molecular complexity index is 711. The normalized spacial score (nSPS) is 11.1. The van der Waals surface area contributed by atoms with Gasteiger partial charge in [-0.05, 0) is 30.7 Å². The maximum Gasteiger partial charge on any atom is 0.193 e. The maximum atomic E-state index is 12.2. The summed E-state index contributed by atoms with van der Waals surface area (Å²) < 4.78 is 1.93. The Morgan fingerprint density at radius 1 is 1.42 bits per heavy atom. The van der Waals surface area contributed by atoms with E-state index in [-0.39, 0.29) is 5.78 Å². The quantitative estimate of drug-likeness (QED) is 0.688. The number of nitrogens with zero attached hydrogens (tertiary/aromatic N) is 2. The Morgan fingerprint density at radius 3 is 3.00 bits per heavy atom. The lowest BCUT2D eigenvalue weighted by atomic mass is 10.0. The van der Waals surface area contributed by atoms with Crippen LogP contribution in [0.5, 0.6) is 0 Å². The van der Waals surface area contributed by atoms with Crippen LogP contribution in [0.25, 0.3) is 4.96 Å². The number of hydrogen-bond donors (Lipinski definition) is 0. The van der Waals surface area contributed by atoms with Crippen molar-refractivity contribution in [1.29, 1.82) is 0 Å². The minimum atomic E-state index is 0.0383. The molecule has 0 aliphatic carbocycles.